The third-order valence-corrected chi connectivity index (χ3v) is 5.90. The number of carbonyl (C=O) groups excluding carboxylic acids is 1. The van der Waals surface area contributed by atoms with Gasteiger partial charge in [-0.3, -0.25) is 14.4 Å². The number of Topliss-reactive ketones (excluding diaryl/α,β-unsaturated/α-hetero) is 1. The summed E-state index contributed by atoms with van der Waals surface area (Å²) in [7, 11) is 0. The minimum Gasteiger partial charge on any atom is -0.481 e. The van der Waals surface area contributed by atoms with Crippen LogP contribution in [0.25, 0.3) is 0 Å². The number of carboxylic acid groups (broad SMARTS) is 2. The third kappa shape index (κ3) is 23.1. The number of rotatable bonds is 24. The van der Waals surface area contributed by atoms with E-state index in [2.05, 4.69) is 0 Å². The molecule has 0 aliphatic rings. The summed E-state index contributed by atoms with van der Waals surface area (Å²) in [4.78, 5) is 32.7. The molecule has 0 heterocycles. The lowest BCUT2D eigenvalue weighted by molar-refractivity contribution is -0.138. The Labute approximate surface area is 189 Å². The van der Waals surface area contributed by atoms with Gasteiger partial charge in [-0.05, 0) is 19.3 Å². The maximum absolute atomic E-state index is 11.8. The smallest absolute Gasteiger partial charge is 0.303 e. The SMILES string of the molecule is N[C@@H](CCC(=O)O)C(=O)CCCCCCCCCCCCCCCCCCCC(=O)O. The van der Waals surface area contributed by atoms with Gasteiger partial charge < -0.3 is 15.9 Å². The molecule has 0 aromatic carbocycles. The molecule has 0 bridgehead atoms. The first kappa shape index (κ1) is 29.6. The van der Waals surface area contributed by atoms with Crippen LogP contribution in [0.1, 0.15) is 135 Å². The van der Waals surface area contributed by atoms with Crippen LogP contribution in [0, 0.1) is 0 Å². The second kappa shape index (κ2) is 21.8. The fraction of sp³-hybridized carbons (Fsp3) is 0.880. The van der Waals surface area contributed by atoms with E-state index in [9.17, 15) is 14.4 Å². The molecular weight excluding hydrogens is 394 g/mol. The van der Waals surface area contributed by atoms with Gasteiger partial charge in [0.25, 0.3) is 0 Å². The molecule has 0 amide bonds. The molecular formula is C25H47NO5. The van der Waals surface area contributed by atoms with Crippen LogP contribution in [-0.2, 0) is 14.4 Å². The number of ketones is 1. The molecule has 1 atom stereocenters. The molecule has 31 heavy (non-hydrogen) atoms. The number of hydrogen-bond donors (Lipinski definition) is 3. The van der Waals surface area contributed by atoms with E-state index in [-0.39, 0.29) is 18.6 Å². The molecule has 4 N–H and O–H groups in total. The molecule has 6 nitrogen and oxygen atoms in total. The van der Waals surface area contributed by atoms with Gasteiger partial charge in [-0.1, -0.05) is 96.3 Å². The zero-order valence-corrected chi connectivity index (χ0v) is 19.6. The average Bonchev–Trinajstić information content (AvgIpc) is 2.73. The molecule has 0 unspecified atom stereocenters. The van der Waals surface area contributed by atoms with Crippen LogP contribution in [0.5, 0.6) is 0 Å². The molecule has 0 radical (unpaired) electrons. The van der Waals surface area contributed by atoms with Crippen LogP contribution in [0.15, 0.2) is 0 Å². The molecule has 0 rings (SSSR count). The van der Waals surface area contributed by atoms with Gasteiger partial charge in [0.15, 0.2) is 0 Å². The summed E-state index contributed by atoms with van der Waals surface area (Å²) in [5.74, 6) is -1.58. The van der Waals surface area contributed by atoms with Crippen molar-refractivity contribution in [3.63, 3.8) is 0 Å². The van der Waals surface area contributed by atoms with Gasteiger partial charge in [0.2, 0.25) is 0 Å². The highest BCUT2D eigenvalue weighted by Crippen LogP contribution is 2.15. The average molecular weight is 442 g/mol. The molecule has 0 saturated carbocycles. The fourth-order valence-electron chi connectivity index (χ4n) is 3.85. The summed E-state index contributed by atoms with van der Waals surface area (Å²) in [6, 6.07) is -0.619. The Morgan fingerprint density at radius 1 is 0.484 bits per heavy atom. The van der Waals surface area contributed by atoms with Crippen molar-refractivity contribution in [1.82, 2.24) is 0 Å². The maximum atomic E-state index is 11.8. The van der Waals surface area contributed by atoms with Gasteiger partial charge in [0.05, 0.1) is 6.04 Å². The minimum atomic E-state index is -0.901. The van der Waals surface area contributed by atoms with Crippen LogP contribution < -0.4 is 5.73 Å². The zero-order valence-electron chi connectivity index (χ0n) is 19.6. The lowest BCUT2D eigenvalue weighted by Gasteiger charge is -2.08. The molecule has 6 heteroatoms. The van der Waals surface area contributed by atoms with Crippen LogP contribution >= 0.6 is 0 Å². The Morgan fingerprint density at radius 3 is 1.10 bits per heavy atom. The Hall–Kier alpha value is -1.43. The van der Waals surface area contributed by atoms with E-state index >= 15 is 0 Å². The van der Waals surface area contributed by atoms with E-state index in [0.29, 0.717) is 12.8 Å². The predicted molar refractivity (Wildman–Crippen MR) is 125 cm³/mol. The number of aliphatic carboxylic acids is 2. The third-order valence-electron chi connectivity index (χ3n) is 5.90. The summed E-state index contributed by atoms with van der Waals surface area (Å²) in [6.45, 7) is 0. The fourth-order valence-corrected chi connectivity index (χ4v) is 3.85. The van der Waals surface area contributed by atoms with E-state index < -0.39 is 18.0 Å². The number of carboxylic acids is 2. The largest absolute Gasteiger partial charge is 0.481 e. The molecule has 0 fully saturated rings. The van der Waals surface area contributed by atoms with E-state index in [1.54, 1.807) is 0 Å². The topological polar surface area (TPSA) is 118 Å². The minimum absolute atomic E-state index is 0.00279. The maximum Gasteiger partial charge on any atom is 0.303 e. The highest BCUT2D eigenvalue weighted by molar-refractivity contribution is 5.84. The van der Waals surface area contributed by atoms with Gasteiger partial charge in [-0.2, -0.15) is 0 Å². The van der Waals surface area contributed by atoms with Gasteiger partial charge in [0, 0.05) is 19.3 Å². The molecule has 0 aromatic heterocycles. The summed E-state index contributed by atoms with van der Waals surface area (Å²) in [5, 5.41) is 17.2. The first-order chi connectivity index (χ1) is 14.9. The van der Waals surface area contributed by atoms with Crippen LogP contribution in [-0.4, -0.2) is 34.0 Å². The van der Waals surface area contributed by atoms with Crippen molar-refractivity contribution in [2.24, 2.45) is 5.73 Å². The normalized spacial score (nSPS) is 12.0. The predicted octanol–water partition coefficient (Wildman–Crippen LogP) is 6.24. The summed E-state index contributed by atoms with van der Waals surface area (Å²) >= 11 is 0. The van der Waals surface area contributed by atoms with Crippen LogP contribution in [0.2, 0.25) is 0 Å². The molecule has 0 aromatic rings. The standard InChI is InChI=1S/C25H47NO5/c26-22(20-21-25(30)31)23(27)18-16-14-12-10-8-6-4-2-1-3-5-7-9-11-13-15-17-19-24(28)29/h22H,1-21,26H2,(H,28,29)(H,30,31)/t22-/m0/s1. The van der Waals surface area contributed by atoms with Crippen molar-refractivity contribution in [2.75, 3.05) is 0 Å². The number of carbonyl (C=O) groups is 3. The Kier molecular flexibility index (Phi) is 20.8. The van der Waals surface area contributed by atoms with Crippen molar-refractivity contribution >= 4 is 17.7 Å². The number of nitrogens with two attached hydrogens (primary N) is 1. The number of unbranched alkanes of at least 4 members (excludes halogenated alkanes) is 16. The lowest BCUT2D eigenvalue weighted by atomic mass is 10.0. The van der Waals surface area contributed by atoms with Gasteiger partial charge >= 0.3 is 11.9 Å². The molecule has 0 spiro atoms. The summed E-state index contributed by atoms with van der Waals surface area (Å²) in [5.41, 5.74) is 5.72. The van der Waals surface area contributed by atoms with Gasteiger partial charge in [0.1, 0.15) is 5.78 Å². The van der Waals surface area contributed by atoms with Crippen molar-refractivity contribution in [1.29, 1.82) is 0 Å². The van der Waals surface area contributed by atoms with Crippen molar-refractivity contribution in [3.8, 4) is 0 Å². The Bertz CT molecular complexity index is 467. The second-order valence-corrected chi connectivity index (χ2v) is 8.91. The van der Waals surface area contributed by atoms with E-state index in [1.165, 1.54) is 77.0 Å². The first-order valence-corrected chi connectivity index (χ1v) is 12.7. The van der Waals surface area contributed by atoms with E-state index in [4.69, 9.17) is 15.9 Å². The quantitative estimate of drug-likeness (QED) is 0.152. The van der Waals surface area contributed by atoms with Gasteiger partial charge in [-0.25, -0.2) is 0 Å². The van der Waals surface area contributed by atoms with Crippen LogP contribution in [0.3, 0.4) is 0 Å². The van der Waals surface area contributed by atoms with E-state index in [0.717, 1.165) is 32.1 Å². The van der Waals surface area contributed by atoms with Crippen molar-refractivity contribution < 1.29 is 24.6 Å². The van der Waals surface area contributed by atoms with Crippen molar-refractivity contribution in [3.05, 3.63) is 0 Å². The molecule has 0 aliphatic heterocycles. The second-order valence-electron chi connectivity index (χ2n) is 8.91. The Morgan fingerprint density at radius 2 is 0.774 bits per heavy atom. The monoisotopic (exact) mass is 441 g/mol. The molecule has 0 saturated heterocycles. The number of hydrogen-bond acceptors (Lipinski definition) is 4. The first-order valence-electron chi connectivity index (χ1n) is 12.7. The molecule has 182 valence electrons. The van der Waals surface area contributed by atoms with E-state index in [1.807, 2.05) is 0 Å². The highest BCUT2D eigenvalue weighted by Gasteiger charge is 2.14. The van der Waals surface area contributed by atoms with Gasteiger partial charge in [-0.15, -0.1) is 0 Å². The zero-order chi connectivity index (χ0) is 23.2. The van der Waals surface area contributed by atoms with Crippen LogP contribution in [0.4, 0.5) is 0 Å². The Balaban J connectivity index is 3.21. The lowest BCUT2D eigenvalue weighted by Crippen LogP contribution is -2.30. The summed E-state index contributed by atoms with van der Waals surface area (Å²) < 4.78 is 0. The molecule has 0 aliphatic carbocycles. The van der Waals surface area contributed by atoms with Crippen molar-refractivity contribution in [2.45, 2.75) is 141 Å². The highest BCUT2D eigenvalue weighted by atomic mass is 16.4. The summed E-state index contributed by atoms with van der Waals surface area (Å²) in [6.07, 6.45) is 21.4.